The van der Waals surface area contributed by atoms with Crippen LogP contribution in [0, 0.1) is 6.92 Å². The van der Waals surface area contributed by atoms with Crippen molar-refractivity contribution >= 4 is 27.5 Å². The van der Waals surface area contributed by atoms with E-state index < -0.39 is 0 Å². The number of amides is 1. The van der Waals surface area contributed by atoms with Crippen LogP contribution in [-0.4, -0.2) is 22.6 Å². The first-order valence-electron chi connectivity index (χ1n) is 7.37. The van der Waals surface area contributed by atoms with Crippen molar-refractivity contribution in [3.05, 3.63) is 57.0 Å². The van der Waals surface area contributed by atoms with E-state index in [2.05, 4.69) is 10.3 Å². The third-order valence-corrected chi connectivity index (χ3v) is 5.03. The lowest BCUT2D eigenvalue weighted by atomic mass is 10.2. The number of nitrogens with zero attached hydrogens (tertiary/aromatic N) is 2. The number of methoxy groups -OCH3 is 1. The van der Waals surface area contributed by atoms with Crippen LogP contribution in [0.5, 0.6) is 5.75 Å². The summed E-state index contributed by atoms with van der Waals surface area (Å²) in [4.78, 5) is 30.0. The zero-order chi connectivity index (χ0) is 17.3. The third-order valence-electron chi connectivity index (χ3n) is 3.83. The van der Waals surface area contributed by atoms with Gasteiger partial charge in [0.1, 0.15) is 10.6 Å². The summed E-state index contributed by atoms with van der Waals surface area (Å²) in [5.74, 6) is 0.570. The molecule has 0 bridgehead atoms. The lowest BCUT2D eigenvalue weighted by Gasteiger charge is -2.06. The fourth-order valence-electron chi connectivity index (χ4n) is 2.43. The fourth-order valence-corrected chi connectivity index (χ4v) is 3.49. The standard InChI is InChI=1S/C17H17N3O3S/c1-10-13-16(19-9-20(2)17(13)22)24-14(10)15(21)18-8-11-4-6-12(23-3)7-5-11/h4-7,9H,8H2,1-3H3,(H,18,21). The summed E-state index contributed by atoms with van der Waals surface area (Å²) in [5, 5.41) is 3.40. The lowest BCUT2D eigenvalue weighted by Crippen LogP contribution is -2.22. The first kappa shape index (κ1) is 16.2. The molecule has 6 nitrogen and oxygen atoms in total. The number of carbonyl (C=O) groups excluding carboxylic acids is 1. The molecule has 0 saturated carbocycles. The number of hydrogen-bond donors (Lipinski definition) is 1. The molecule has 1 N–H and O–H groups in total. The second kappa shape index (κ2) is 6.45. The highest BCUT2D eigenvalue weighted by molar-refractivity contribution is 7.20. The molecule has 3 rings (SSSR count). The summed E-state index contributed by atoms with van der Waals surface area (Å²) in [5.41, 5.74) is 1.51. The Labute approximate surface area is 142 Å². The van der Waals surface area contributed by atoms with Crippen LogP contribution >= 0.6 is 11.3 Å². The predicted molar refractivity (Wildman–Crippen MR) is 93.8 cm³/mol. The van der Waals surface area contributed by atoms with Gasteiger partial charge in [-0.25, -0.2) is 4.98 Å². The number of thiophene rings is 1. The Morgan fingerprint density at radius 2 is 2.04 bits per heavy atom. The molecule has 0 saturated heterocycles. The van der Waals surface area contributed by atoms with Crippen LogP contribution in [0.4, 0.5) is 0 Å². The Balaban J connectivity index is 1.82. The summed E-state index contributed by atoms with van der Waals surface area (Å²) < 4.78 is 6.53. The summed E-state index contributed by atoms with van der Waals surface area (Å²) in [6.07, 6.45) is 1.47. The van der Waals surface area contributed by atoms with E-state index in [1.807, 2.05) is 24.3 Å². The maximum Gasteiger partial charge on any atom is 0.262 e. The highest BCUT2D eigenvalue weighted by Crippen LogP contribution is 2.26. The molecule has 1 aromatic carbocycles. The van der Waals surface area contributed by atoms with Gasteiger partial charge in [0.25, 0.3) is 11.5 Å². The van der Waals surface area contributed by atoms with Gasteiger partial charge in [-0.1, -0.05) is 12.1 Å². The van der Waals surface area contributed by atoms with Crippen LogP contribution in [0.1, 0.15) is 20.8 Å². The van der Waals surface area contributed by atoms with E-state index in [-0.39, 0.29) is 11.5 Å². The highest BCUT2D eigenvalue weighted by Gasteiger charge is 2.18. The topological polar surface area (TPSA) is 73.2 Å². The van der Waals surface area contributed by atoms with Gasteiger partial charge in [-0.3, -0.25) is 9.59 Å². The van der Waals surface area contributed by atoms with E-state index in [1.165, 1.54) is 22.2 Å². The van der Waals surface area contributed by atoms with Crippen molar-refractivity contribution in [2.24, 2.45) is 7.05 Å². The lowest BCUT2D eigenvalue weighted by molar-refractivity contribution is 0.0954. The Hall–Kier alpha value is -2.67. The molecule has 2 heterocycles. The van der Waals surface area contributed by atoms with E-state index in [9.17, 15) is 9.59 Å². The van der Waals surface area contributed by atoms with Gasteiger partial charge < -0.3 is 14.6 Å². The maximum atomic E-state index is 12.5. The quantitative estimate of drug-likeness (QED) is 0.788. The number of rotatable bonds is 4. The first-order valence-corrected chi connectivity index (χ1v) is 8.18. The number of aromatic nitrogens is 2. The summed E-state index contributed by atoms with van der Waals surface area (Å²) >= 11 is 1.24. The Morgan fingerprint density at radius 3 is 2.71 bits per heavy atom. The largest absolute Gasteiger partial charge is 0.497 e. The minimum absolute atomic E-state index is 0.136. The van der Waals surface area contributed by atoms with Crippen LogP contribution < -0.4 is 15.6 Å². The molecule has 2 aromatic heterocycles. The van der Waals surface area contributed by atoms with Crippen molar-refractivity contribution in [1.82, 2.24) is 14.9 Å². The van der Waals surface area contributed by atoms with Gasteiger partial charge in [0.05, 0.1) is 23.7 Å². The van der Waals surface area contributed by atoms with Gasteiger partial charge in [-0.05, 0) is 30.2 Å². The minimum atomic E-state index is -0.201. The van der Waals surface area contributed by atoms with Gasteiger partial charge in [0, 0.05) is 13.6 Å². The smallest absolute Gasteiger partial charge is 0.262 e. The highest BCUT2D eigenvalue weighted by atomic mass is 32.1. The van der Waals surface area contributed by atoms with Gasteiger partial charge in [-0.15, -0.1) is 11.3 Å². The second-order valence-electron chi connectivity index (χ2n) is 5.43. The number of benzene rings is 1. The Bertz CT molecular complexity index is 958. The molecule has 0 aliphatic carbocycles. The molecule has 124 valence electrons. The number of nitrogens with one attached hydrogen (secondary N) is 1. The van der Waals surface area contributed by atoms with E-state index in [4.69, 9.17) is 4.74 Å². The minimum Gasteiger partial charge on any atom is -0.497 e. The number of aryl methyl sites for hydroxylation is 2. The van der Waals surface area contributed by atoms with Gasteiger partial charge in [0.15, 0.2) is 0 Å². The number of carbonyl (C=O) groups is 1. The molecular weight excluding hydrogens is 326 g/mol. The zero-order valence-corrected chi connectivity index (χ0v) is 14.4. The van der Waals surface area contributed by atoms with Crippen LogP contribution in [0.2, 0.25) is 0 Å². The van der Waals surface area contributed by atoms with Crippen molar-refractivity contribution < 1.29 is 9.53 Å². The monoisotopic (exact) mass is 343 g/mol. The molecule has 0 spiro atoms. The number of fused-ring (bicyclic) bond motifs is 1. The van der Waals surface area contributed by atoms with Crippen molar-refractivity contribution in [2.75, 3.05) is 7.11 Å². The Morgan fingerprint density at radius 1 is 1.33 bits per heavy atom. The first-order chi connectivity index (χ1) is 11.5. The molecule has 0 fully saturated rings. The maximum absolute atomic E-state index is 12.5. The summed E-state index contributed by atoms with van der Waals surface area (Å²) in [7, 11) is 3.26. The fraction of sp³-hybridized carbons (Fsp3) is 0.235. The van der Waals surface area contributed by atoms with E-state index in [0.717, 1.165) is 11.3 Å². The second-order valence-corrected chi connectivity index (χ2v) is 6.43. The van der Waals surface area contributed by atoms with E-state index in [1.54, 1.807) is 21.1 Å². The summed E-state index contributed by atoms with van der Waals surface area (Å²) in [6, 6.07) is 7.49. The molecule has 0 aliphatic rings. The van der Waals surface area contributed by atoms with Crippen molar-refractivity contribution in [2.45, 2.75) is 13.5 Å². The molecule has 3 aromatic rings. The predicted octanol–water partition coefficient (Wildman–Crippen LogP) is 2.24. The van der Waals surface area contributed by atoms with E-state index >= 15 is 0 Å². The summed E-state index contributed by atoms with van der Waals surface area (Å²) in [6.45, 7) is 2.19. The van der Waals surface area contributed by atoms with Crippen molar-refractivity contribution in [1.29, 1.82) is 0 Å². The van der Waals surface area contributed by atoms with E-state index in [0.29, 0.717) is 27.2 Å². The third kappa shape index (κ3) is 2.90. The molecule has 0 unspecified atom stereocenters. The van der Waals surface area contributed by atoms with Crippen LogP contribution in [-0.2, 0) is 13.6 Å². The molecule has 0 radical (unpaired) electrons. The van der Waals surface area contributed by atoms with Crippen LogP contribution in [0.3, 0.4) is 0 Å². The SMILES string of the molecule is COc1ccc(CNC(=O)c2sc3ncn(C)c(=O)c3c2C)cc1. The molecule has 0 atom stereocenters. The zero-order valence-electron chi connectivity index (χ0n) is 13.6. The average molecular weight is 343 g/mol. The Kier molecular flexibility index (Phi) is 4.35. The average Bonchev–Trinajstić information content (AvgIpc) is 2.94. The molecule has 24 heavy (non-hydrogen) atoms. The van der Waals surface area contributed by atoms with Crippen LogP contribution in [0.25, 0.3) is 10.2 Å². The van der Waals surface area contributed by atoms with Gasteiger partial charge in [0.2, 0.25) is 0 Å². The molecular formula is C17H17N3O3S. The molecule has 1 amide bonds. The van der Waals surface area contributed by atoms with Crippen molar-refractivity contribution in [3.63, 3.8) is 0 Å². The number of ether oxygens (including phenoxy) is 1. The van der Waals surface area contributed by atoms with Crippen LogP contribution in [0.15, 0.2) is 35.4 Å². The normalized spacial score (nSPS) is 10.8. The molecule has 0 aliphatic heterocycles. The molecule has 7 heteroatoms. The van der Waals surface area contributed by atoms with Gasteiger partial charge >= 0.3 is 0 Å². The van der Waals surface area contributed by atoms with Gasteiger partial charge in [-0.2, -0.15) is 0 Å². The van der Waals surface area contributed by atoms with Crippen molar-refractivity contribution in [3.8, 4) is 5.75 Å². The number of hydrogen-bond acceptors (Lipinski definition) is 5.